The van der Waals surface area contributed by atoms with Gasteiger partial charge in [0, 0.05) is 25.8 Å². The fraction of sp³-hybridized carbons (Fsp3) is 0.462. The number of likely N-dealkylation sites (tertiary alicyclic amines) is 1. The monoisotopic (exact) mass is 456 g/mol. The predicted octanol–water partition coefficient (Wildman–Crippen LogP) is 3.45. The highest BCUT2D eigenvalue weighted by atomic mass is 15.3. The lowest BCUT2D eigenvalue weighted by Gasteiger charge is -2.34. The van der Waals surface area contributed by atoms with Gasteiger partial charge in [-0.3, -0.25) is 9.88 Å². The number of pyridine rings is 1. The van der Waals surface area contributed by atoms with Crippen LogP contribution in [0.1, 0.15) is 48.8 Å². The van der Waals surface area contributed by atoms with Gasteiger partial charge in [0.1, 0.15) is 5.82 Å². The number of guanidine groups is 1. The molecule has 0 amide bonds. The van der Waals surface area contributed by atoms with Gasteiger partial charge in [0.05, 0.1) is 29.3 Å². The maximum absolute atomic E-state index is 8.88. The highest BCUT2D eigenvalue weighted by Gasteiger charge is 2.27. The highest BCUT2D eigenvalue weighted by Crippen LogP contribution is 2.33. The Morgan fingerprint density at radius 1 is 1.24 bits per heavy atom. The fourth-order valence-electron chi connectivity index (χ4n) is 5.60. The topological polar surface area (TPSA) is 99.4 Å². The van der Waals surface area contributed by atoms with E-state index in [4.69, 9.17) is 21.0 Å². The van der Waals surface area contributed by atoms with Crippen molar-refractivity contribution in [1.82, 2.24) is 24.3 Å². The summed E-state index contributed by atoms with van der Waals surface area (Å²) in [5.41, 5.74) is 10.8. The first-order valence-electron chi connectivity index (χ1n) is 12.2. The van der Waals surface area contributed by atoms with Gasteiger partial charge in [-0.2, -0.15) is 5.26 Å². The molecule has 2 atom stereocenters. The second-order valence-corrected chi connectivity index (χ2v) is 9.52. The standard InChI is InChI=1S/C26H32N8/c1-32(23-12-4-8-20-9-5-13-29-25(20)23)17-24-31-21-10-2-3-11-22(21)34(24)16-19-7-6-14-33(15-19)26(28)30-18-27/h2-3,5,9-11,13,19,23H,4,6-8,12,14-17H2,1H3,(H2,28,30)/t19-,23+/m1/s1. The van der Waals surface area contributed by atoms with Crippen LogP contribution in [0, 0.1) is 17.4 Å². The number of hydrogen-bond acceptors (Lipinski definition) is 5. The summed E-state index contributed by atoms with van der Waals surface area (Å²) in [5, 5.41) is 8.88. The number of para-hydroxylation sites is 2. The lowest BCUT2D eigenvalue weighted by molar-refractivity contribution is 0.196. The van der Waals surface area contributed by atoms with Gasteiger partial charge in [0.25, 0.3) is 0 Å². The van der Waals surface area contributed by atoms with Gasteiger partial charge in [-0.15, -0.1) is 4.99 Å². The maximum atomic E-state index is 8.88. The fourth-order valence-corrected chi connectivity index (χ4v) is 5.60. The SMILES string of the molecule is CN(Cc1nc2ccccc2n1C[C@@H]1CCCN(C(N)=NC#N)C1)[C@H]1CCCc2cccnc21. The Balaban J connectivity index is 1.40. The van der Waals surface area contributed by atoms with Crippen LogP contribution < -0.4 is 5.73 Å². The van der Waals surface area contributed by atoms with Crippen LogP contribution in [0.3, 0.4) is 0 Å². The van der Waals surface area contributed by atoms with Crippen molar-refractivity contribution in [2.24, 2.45) is 16.6 Å². The molecule has 8 heteroatoms. The van der Waals surface area contributed by atoms with E-state index in [0.29, 0.717) is 17.9 Å². The number of nitrogens with zero attached hydrogens (tertiary/aromatic N) is 7. The second kappa shape index (κ2) is 9.82. The van der Waals surface area contributed by atoms with Crippen molar-refractivity contribution in [3.05, 3.63) is 59.7 Å². The average Bonchev–Trinajstić information content (AvgIpc) is 3.20. The molecule has 1 fully saturated rings. The lowest BCUT2D eigenvalue weighted by atomic mass is 9.91. The molecule has 1 aromatic carbocycles. The first kappa shape index (κ1) is 22.4. The Bertz CT molecular complexity index is 1220. The maximum Gasteiger partial charge on any atom is 0.209 e. The molecule has 1 saturated heterocycles. The third-order valence-electron chi connectivity index (χ3n) is 7.27. The zero-order chi connectivity index (χ0) is 23.5. The van der Waals surface area contributed by atoms with Crippen LogP contribution in [0.5, 0.6) is 0 Å². The molecule has 0 radical (unpaired) electrons. The van der Waals surface area contributed by atoms with E-state index in [1.807, 2.05) is 23.4 Å². The number of hydrogen-bond donors (Lipinski definition) is 1. The molecule has 2 aliphatic rings. The van der Waals surface area contributed by atoms with Crippen molar-refractivity contribution in [2.75, 3.05) is 20.1 Å². The summed E-state index contributed by atoms with van der Waals surface area (Å²) in [6, 6.07) is 13.0. The molecular formula is C26H32N8. The molecule has 0 spiro atoms. The number of benzene rings is 1. The lowest BCUT2D eigenvalue weighted by Crippen LogP contribution is -2.44. The minimum absolute atomic E-state index is 0.311. The molecule has 34 heavy (non-hydrogen) atoms. The van der Waals surface area contributed by atoms with E-state index >= 15 is 0 Å². The Morgan fingerprint density at radius 3 is 3.00 bits per heavy atom. The van der Waals surface area contributed by atoms with Gasteiger partial charge < -0.3 is 15.2 Å². The summed E-state index contributed by atoms with van der Waals surface area (Å²) < 4.78 is 2.39. The van der Waals surface area contributed by atoms with E-state index in [-0.39, 0.29) is 0 Å². The first-order chi connectivity index (χ1) is 16.6. The number of nitrogens with two attached hydrogens (primary N) is 1. The van der Waals surface area contributed by atoms with Crippen LogP contribution in [0.2, 0.25) is 0 Å². The van der Waals surface area contributed by atoms with Crippen LogP contribution in [0.4, 0.5) is 0 Å². The van der Waals surface area contributed by atoms with Gasteiger partial charge in [0.15, 0.2) is 0 Å². The van der Waals surface area contributed by atoms with Crippen molar-refractivity contribution >= 4 is 17.0 Å². The number of piperidine rings is 1. The van der Waals surface area contributed by atoms with Crippen LogP contribution in [0.15, 0.2) is 47.6 Å². The predicted molar refractivity (Wildman–Crippen MR) is 133 cm³/mol. The molecule has 5 rings (SSSR count). The number of aromatic nitrogens is 3. The summed E-state index contributed by atoms with van der Waals surface area (Å²) in [5.74, 6) is 1.83. The van der Waals surface area contributed by atoms with Crippen molar-refractivity contribution in [1.29, 1.82) is 5.26 Å². The smallest absolute Gasteiger partial charge is 0.209 e. The van der Waals surface area contributed by atoms with Gasteiger partial charge in [-0.25, -0.2) is 4.98 Å². The Labute approximate surface area is 200 Å². The van der Waals surface area contributed by atoms with Crippen molar-refractivity contribution in [3.63, 3.8) is 0 Å². The first-order valence-corrected chi connectivity index (χ1v) is 12.2. The number of fused-ring (bicyclic) bond motifs is 2. The molecule has 8 nitrogen and oxygen atoms in total. The van der Waals surface area contributed by atoms with Crippen molar-refractivity contribution in [3.8, 4) is 6.19 Å². The van der Waals surface area contributed by atoms with Crippen molar-refractivity contribution < 1.29 is 0 Å². The number of aliphatic imine (C=N–C) groups is 1. The minimum atomic E-state index is 0.311. The molecule has 3 aromatic rings. The summed E-state index contributed by atoms with van der Waals surface area (Å²) >= 11 is 0. The normalized spacial score (nSPS) is 21.0. The minimum Gasteiger partial charge on any atom is -0.369 e. The zero-order valence-electron chi connectivity index (χ0n) is 19.8. The second-order valence-electron chi connectivity index (χ2n) is 9.52. The number of nitriles is 1. The molecule has 176 valence electrons. The van der Waals surface area contributed by atoms with Gasteiger partial charge in [-0.05, 0) is 68.8 Å². The molecule has 1 aliphatic heterocycles. The summed E-state index contributed by atoms with van der Waals surface area (Å²) in [7, 11) is 2.19. The third kappa shape index (κ3) is 4.48. The van der Waals surface area contributed by atoms with E-state index < -0.39 is 0 Å². The van der Waals surface area contributed by atoms with Crippen LogP contribution in [0.25, 0.3) is 11.0 Å². The summed E-state index contributed by atoms with van der Waals surface area (Å²) in [6.07, 6.45) is 9.31. The highest BCUT2D eigenvalue weighted by molar-refractivity contribution is 5.79. The Morgan fingerprint density at radius 2 is 2.12 bits per heavy atom. The van der Waals surface area contributed by atoms with E-state index in [2.05, 4.69) is 51.8 Å². The van der Waals surface area contributed by atoms with E-state index in [9.17, 15) is 0 Å². The van der Waals surface area contributed by atoms with E-state index in [1.165, 1.54) is 23.2 Å². The molecule has 2 aromatic heterocycles. The van der Waals surface area contributed by atoms with Crippen LogP contribution in [-0.2, 0) is 19.5 Å². The Hall–Kier alpha value is -3.44. The van der Waals surface area contributed by atoms with E-state index in [1.54, 1.807) is 0 Å². The molecule has 0 unspecified atom stereocenters. The van der Waals surface area contributed by atoms with E-state index in [0.717, 1.165) is 63.2 Å². The quantitative estimate of drug-likeness (QED) is 0.359. The Kier molecular flexibility index (Phi) is 6.45. The molecular weight excluding hydrogens is 424 g/mol. The van der Waals surface area contributed by atoms with Crippen LogP contribution >= 0.6 is 0 Å². The average molecular weight is 457 g/mol. The van der Waals surface area contributed by atoms with Gasteiger partial charge in [0.2, 0.25) is 12.2 Å². The summed E-state index contributed by atoms with van der Waals surface area (Å²) in [6.45, 7) is 3.30. The van der Waals surface area contributed by atoms with Gasteiger partial charge >= 0.3 is 0 Å². The molecule has 2 N–H and O–H groups in total. The zero-order valence-corrected chi connectivity index (χ0v) is 19.8. The number of aryl methyl sites for hydroxylation is 1. The molecule has 0 saturated carbocycles. The summed E-state index contributed by atoms with van der Waals surface area (Å²) in [4.78, 5) is 18.0. The molecule has 1 aliphatic carbocycles. The molecule has 3 heterocycles. The van der Waals surface area contributed by atoms with Gasteiger partial charge in [-0.1, -0.05) is 18.2 Å². The van der Waals surface area contributed by atoms with Crippen molar-refractivity contribution in [2.45, 2.75) is 51.2 Å². The third-order valence-corrected chi connectivity index (χ3v) is 7.27. The van der Waals surface area contributed by atoms with Crippen LogP contribution in [-0.4, -0.2) is 50.4 Å². The molecule has 0 bridgehead atoms. The number of imidazole rings is 1. The largest absolute Gasteiger partial charge is 0.369 e. The number of rotatable bonds is 5.